The molecule has 0 bridgehead atoms. The van der Waals surface area contributed by atoms with Crippen LogP contribution in [-0.4, -0.2) is 46.0 Å². The summed E-state index contributed by atoms with van der Waals surface area (Å²) in [7, 11) is 5.75. The van der Waals surface area contributed by atoms with Gasteiger partial charge in [-0.3, -0.25) is 0 Å². The van der Waals surface area contributed by atoms with E-state index in [4.69, 9.17) is 4.74 Å². The van der Waals surface area contributed by atoms with Gasteiger partial charge in [-0.1, -0.05) is 30.3 Å². The first-order chi connectivity index (χ1) is 14.1. The van der Waals surface area contributed by atoms with Gasteiger partial charge in [-0.05, 0) is 36.9 Å². The first-order valence-corrected chi connectivity index (χ1v) is 9.43. The van der Waals surface area contributed by atoms with E-state index in [9.17, 15) is 0 Å². The third-order valence-electron chi connectivity index (χ3n) is 4.66. The monoisotopic (exact) mass is 388 g/mol. The fraction of sp³-hybridized carbons (Fsp3) is 0.227. The molecule has 7 nitrogen and oxygen atoms in total. The molecular weight excluding hydrogens is 364 g/mol. The average Bonchev–Trinajstić information content (AvgIpc) is 3.17. The predicted octanol–water partition coefficient (Wildman–Crippen LogP) is 3.70. The Bertz CT molecular complexity index is 1090. The van der Waals surface area contributed by atoms with Crippen LogP contribution in [0.4, 0.5) is 5.82 Å². The van der Waals surface area contributed by atoms with Gasteiger partial charge in [-0.25, -0.2) is 15.0 Å². The second-order valence-electron chi connectivity index (χ2n) is 7.16. The summed E-state index contributed by atoms with van der Waals surface area (Å²) in [6, 6.07) is 14.5. The second-order valence-corrected chi connectivity index (χ2v) is 7.16. The molecule has 7 heteroatoms. The topological polar surface area (TPSA) is 79.0 Å². The highest BCUT2D eigenvalue weighted by Gasteiger charge is 2.10. The van der Waals surface area contributed by atoms with Crippen LogP contribution in [0.1, 0.15) is 11.1 Å². The number of hydrogen-bond donors (Lipinski definition) is 2. The molecule has 0 unspecified atom stereocenters. The number of H-pyrrole nitrogens is 1. The second kappa shape index (κ2) is 8.28. The lowest BCUT2D eigenvalue weighted by molar-refractivity contribution is 0.397. The molecule has 0 aliphatic carbocycles. The van der Waals surface area contributed by atoms with Gasteiger partial charge in [0.15, 0.2) is 0 Å². The van der Waals surface area contributed by atoms with Gasteiger partial charge in [0, 0.05) is 31.0 Å². The Hall–Kier alpha value is -3.45. The number of fused-ring (bicyclic) bond motifs is 1. The maximum atomic E-state index is 5.10. The maximum Gasteiger partial charge on any atom is 0.212 e. The van der Waals surface area contributed by atoms with Crippen LogP contribution in [0.5, 0.6) is 5.88 Å². The van der Waals surface area contributed by atoms with E-state index in [-0.39, 0.29) is 0 Å². The van der Waals surface area contributed by atoms with Gasteiger partial charge in [-0.2, -0.15) is 0 Å². The molecule has 3 heterocycles. The zero-order chi connectivity index (χ0) is 20.2. The summed E-state index contributed by atoms with van der Waals surface area (Å²) in [5.41, 5.74) is 5.28. The highest BCUT2D eigenvalue weighted by molar-refractivity contribution is 5.91. The zero-order valence-electron chi connectivity index (χ0n) is 16.8. The Morgan fingerprint density at radius 3 is 2.48 bits per heavy atom. The smallest absolute Gasteiger partial charge is 0.212 e. The molecule has 0 aliphatic heterocycles. The van der Waals surface area contributed by atoms with E-state index < -0.39 is 0 Å². The van der Waals surface area contributed by atoms with E-state index in [0.717, 1.165) is 40.2 Å². The van der Waals surface area contributed by atoms with E-state index in [2.05, 4.69) is 74.6 Å². The van der Waals surface area contributed by atoms with Crippen molar-refractivity contribution in [3.05, 3.63) is 66.1 Å². The minimum absolute atomic E-state index is 0.602. The fourth-order valence-electron chi connectivity index (χ4n) is 3.21. The van der Waals surface area contributed by atoms with Crippen molar-refractivity contribution in [2.75, 3.05) is 26.5 Å². The SMILES string of the molecule is COc1ccc(CNc2ncnc3[nH]c(-c4ccc(CN(C)C)cc4)cc23)cn1. The third kappa shape index (κ3) is 4.35. The maximum absolute atomic E-state index is 5.10. The number of benzene rings is 1. The minimum atomic E-state index is 0.602. The summed E-state index contributed by atoms with van der Waals surface area (Å²) in [5, 5.41) is 4.34. The summed E-state index contributed by atoms with van der Waals surface area (Å²) >= 11 is 0. The number of anilines is 1. The average molecular weight is 388 g/mol. The van der Waals surface area contributed by atoms with Crippen molar-refractivity contribution in [1.29, 1.82) is 0 Å². The molecule has 0 saturated carbocycles. The molecule has 4 aromatic rings. The van der Waals surface area contributed by atoms with Crippen molar-refractivity contribution in [3.8, 4) is 17.1 Å². The van der Waals surface area contributed by atoms with E-state index in [1.807, 2.05) is 12.1 Å². The van der Waals surface area contributed by atoms with Crippen LogP contribution in [0.2, 0.25) is 0 Å². The Labute approximate surface area is 169 Å². The van der Waals surface area contributed by atoms with Gasteiger partial charge in [-0.15, -0.1) is 0 Å². The highest BCUT2D eigenvalue weighted by atomic mass is 16.5. The minimum Gasteiger partial charge on any atom is -0.481 e. The van der Waals surface area contributed by atoms with Gasteiger partial charge < -0.3 is 19.9 Å². The third-order valence-corrected chi connectivity index (χ3v) is 4.66. The molecule has 3 aromatic heterocycles. The summed E-state index contributed by atoms with van der Waals surface area (Å²) in [4.78, 5) is 18.6. The van der Waals surface area contributed by atoms with Gasteiger partial charge >= 0.3 is 0 Å². The van der Waals surface area contributed by atoms with Crippen molar-refractivity contribution in [2.24, 2.45) is 0 Å². The number of aromatic amines is 1. The Morgan fingerprint density at radius 2 is 1.79 bits per heavy atom. The van der Waals surface area contributed by atoms with Gasteiger partial charge in [0.2, 0.25) is 5.88 Å². The molecular formula is C22H24N6O. The molecule has 4 rings (SSSR count). The van der Waals surface area contributed by atoms with Gasteiger partial charge in [0.1, 0.15) is 17.8 Å². The number of hydrogen-bond acceptors (Lipinski definition) is 6. The van der Waals surface area contributed by atoms with Crippen LogP contribution in [0.15, 0.2) is 55.0 Å². The standard InChI is InChI=1S/C22H24N6O/c1-28(2)13-15-4-7-17(8-5-15)19-10-18-21(25-14-26-22(18)27-19)24-12-16-6-9-20(29-3)23-11-16/h4-11,14H,12-13H2,1-3H3,(H2,24,25,26,27). The number of pyridine rings is 1. The fourth-order valence-corrected chi connectivity index (χ4v) is 3.21. The van der Waals surface area contributed by atoms with E-state index in [1.165, 1.54) is 5.56 Å². The van der Waals surface area contributed by atoms with Crippen LogP contribution >= 0.6 is 0 Å². The van der Waals surface area contributed by atoms with Crippen molar-refractivity contribution >= 4 is 16.9 Å². The lowest BCUT2D eigenvalue weighted by Crippen LogP contribution is -2.10. The highest BCUT2D eigenvalue weighted by Crippen LogP contribution is 2.27. The van der Waals surface area contributed by atoms with Crippen LogP contribution in [-0.2, 0) is 13.1 Å². The predicted molar refractivity (Wildman–Crippen MR) is 115 cm³/mol. The van der Waals surface area contributed by atoms with Crippen LogP contribution in [0.3, 0.4) is 0 Å². The number of aromatic nitrogens is 4. The van der Waals surface area contributed by atoms with Crippen molar-refractivity contribution in [1.82, 2.24) is 24.8 Å². The molecule has 148 valence electrons. The molecule has 2 N–H and O–H groups in total. The molecule has 0 aliphatic rings. The number of nitrogens with one attached hydrogen (secondary N) is 2. The van der Waals surface area contributed by atoms with Gasteiger partial charge in [0.05, 0.1) is 12.5 Å². The Kier molecular flexibility index (Phi) is 5.39. The molecule has 1 aromatic carbocycles. The molecule has 0 fully saturated rings. The van der Waals surface area contributed by atoms with E-state index >= 15 is 0 Å². The molecule has 29 heavy (non-hydrogen) atoms. The quantitative estimate of drug-likeness (QED) is 0.503. The number of nitrogens with zero attached hydrogens (tertiary/aromatic N) is 4. The van der Waals surface area contributed by atoms with E-state index in [0.29, 0.717) is 12.4 Å². The lowest BCUT2D eigenvalue weighted by Gasteiger charge is -2.09. The summed E-state index contributed by atoms with van der Waals surface area (Å²) in [6.07, 6.45) is 3.36. The van der Waals surface area contributed by atoms with Gasteiger partial charge in [0.25, 0.3) is 0 Å². The normalized spacial score (nSPS) is 11.2. The number of ether oxygens (including phenoxy) is 1. The van der Waals surface area contributed by atoms with Crippen LogP contribution in [0.25, 0.3) is 22.3 Å². The van der Waals surface area contributed by atoms with E-state index in [1.54, 1.807) is 19.6 Å². The lowest BCUT2D eigenvalue weighted by atomic mass is 10.1. The molecule has 0 amide bonds. The van der Waals surface area contributed by atoms with Crippen molar-refractivity contribution in [3.63, 3.8) is 0 Å². The van der Waals surface area contributed by atoms with Crippen molar-refractivity contribution < 1.29 is 4.74 Å². The molecule has 0 spiro atoms. The number of methoxy groups -OCH3 is 1. The summed E-state index contributed by atoms with van der Waals surface area (Å²) in [5.74, 6) is 1.39. The first kappa shape index (κ1) is 18.9. The van der Waals surface area contributed by atoms with Crippen LogP contribution < -0.4 is 10.1 Å². The molecule has 0 atom stereocenters. The van der Waals surface area contributed by atoms with Crippen molar-refractivity contribution in [2.45, 2.75) is 13.1 Å². The Balaban J connectivity index is 1.54. The summed E-state index contributed by atoms with van der Waals surface area (Å²) < 4.78 is 5.10. The first-order valence-electron chi connectivity index (χ1n) is 9.43. The Morgan fingerprint density at radius 1 is 1.00 bits per heavy atom. The largest absolute Gasteiger partial charge is 0.481 e. The molecule has 0 radical (unpaired) electrons. The summed E-state index contributed by atoms with van der Waals surface area (Å²) in [6.45, 7) is 1.54. The number of rotatable bonds is 7. The zero-order valence-corrected chi connectivity index (χ0v) is 16.8. The van der Waals surface area contributed by atoms with Crippen LogP contribution in [0, 0.1) is 0 Å². The molecule has 0 saturated heterocycles.